The van der Waals surface area contributed by atoms with Crippen LogP contribution >= 0.6 is 0 Å². The molecule has 0 spiro atoms. The lowest BCUT2D eigenvalue weighted by Crippen LogP contribution is -2.02. The Hall–Kier alpha value is -2.88. The van der Waals surface area contributed by atoms with Crippen LogP contribution in [-0.2, 0) is 6.42 Å². The molecule has 0 saturated carbocycles. The zero-order valence-corrected chi connectivity index (χ0v) is 11.2. The Morgan fingerprint density at radius 1 is 0.857 bits per heavy atom. The number of phenols is 4. The maximum absolute atomic E-state index is 9.92. The minimum atomic E-state index is -0.191. The molecule has 1 aliphatic carbocycles. The van der Waals surface area contributed by atoms with Gasteiger partial charge in [0.1, 0.15) is 11.5 Å². The third kappa shape index (κ3) is 2.21. The second-order valence-electron chi connectivity index (χ2n) is 5.07. The molecule has 106 valence electrons. The highest BCUT2D eigenvalue weighted by molar-refractivity contribution is 5.91. The molecule has 4 nitrogen and oxygen atoms in total. The number of aromatic hydroxyl groups is 4. The summed E-state index contributed by atoms with van der Waals surface area (Å²) >= 11 is 0. The van der Waals surface area contributed by atoms with Gasteiger partial charge in [0.25, 0.3) is 0 Å². The van der Waals surface area contributed by atoms with E-state index in [1.807, 2.05) is 6.08 Å². The Balaban J connectivity index is 2.08. The van der Waals surface area contributed by atoms with E-state index in [1.165, 1.54) is 18.2 Å². The highest BCUT2D eigenvalue weighted by Gasteiger charge is 2.20. The van der Waals surface area contributed by atoms with Crippen LogP contribution in [0.25, 0.3) is 11.1 Å². The van der Waals surface area contributed by atoms with Gasteiger partial charge in [-0.15, -0.1) is 0 Å². The molecule has 2 aromatic rings. The molecule has 2 aromatic carbocycles. The summed E-state index contributed by atoms with van der Waals surface area (Å²) in [5, 5.41) is 38.5. The summed E-state index contributed by atoms with van der Waals surface area (Å²) < 4.78 is 0. The first kappa shape index (κ1) is 13.1. The quantitative estimate of drug-likeness (QED) is 0.606. The lowest BCUT2D eigenvalue weighted by molar-refractivity contribution is 0.403. The fraction of sp³-hybridized carbons (Fsp3) is 0.0588. The SMILES string of the molecule is C=C1C=C(c2ccc(O)c(O)c2)Cc2cc(O)cc(O)c21. The van der Waals surface area contributed by atoms with Crippen LogP contribution in [-0.4, -0.2) is 20.4 Å². The summed E-state index contributed by atoms with van der Waals surface area (Å²) in [4.78, 5) is 0. The molecule has 0 fully saturated rings. The zero-order chi connectivity index (χ0) is 15.1. The summed E-state index contributed by atoms with van der Waals surface area (Å²) in [6.07, 6.45) is 2.31. The lowest BCUT2D eigenvalue weighted by Gasteiger charge is -2.20. The molecule has 0 saturated heterocycles. The van der Waals surface area contributed by atoms with E-state index < -0.39 is 0 Å². The van der Waals surface area contributed by atoms with E-state index in [-0.39, 0.29) is 23.0 Å². The van der Waals surface area contributed by atoms with Gasteiger partial charge in [0.2, 0.25) is 0 Å². The van der Waals surface area contributed by atoms with Crippen molar-refractivity contribution in [2.24, 2.45) is 0 Å². The topological polar surface area (TPSA) is 80.9 Å². The van der Waals surface area contributed by atoms with Gasteiger partial charge in [-0.3, -0.25) is 0 Å². The average Bonchev–Trinajstić information content (AvgIpc) is 2.40. The third-order valence-corrected chi connectivity index (χ3v) is 3.58. The maximum atomic E-state index is 9.92. The highest BCUT2D eigenvalue weighted by Crippen LogP contribution is 2.41. The van der Waals surface area contributed by atoms with Crippen molar-refractivity contribution >= 4 is 11.1 Å². The van der Waals surface area contributed by atoms with E-state index in [2.05, 4.69) is 6.58 Å². The van der Waals surface area contributed by atoms with E-state index in [0.717, 1.165) is 16.7 Å². The molecular formula is C17H14O4. The van der Waals surface area contributed by atoms with Crippen LogP contribution in [0.2, 0.25) is 0 Å². The molecular weight excluding hydrogens is 268 g/mol. The molecule has 0 heterocycles. The van der Waals surface area contributed by atoms with Gasteiger partial charge in [0, 0.05) is 11.6 Å². The predicted octanol–water partition coefficient (Wildman–Crippen LogP) is 3.16. The Bertz CT molecular complexity index is 788. The first-order valence-electron chi connectivity index (χ1n) is 6.43. The summed E-state index contributed by atoms with van der Waals surface area (Å²) in [5.41, 5.74) is 3.66. The van der Waals surface area contributed by atoms with Gasteiger partial charge < -0.3 is 20.4 Å². The van der Waals surface area contributed by atoms with Gasteiger partial charge in [-0.2, -0.15) is 0 Å². The number of phenolic OH excluding ortho intramolecular Hbond substituents is 4. The molecule has 0 atom stereocenters. The number of hydrogen-bond donors (Lipinski definition) is 4. The first-order chi connectivity index (χ1) is 9.95. The van der Waals surface area contributed by atoms with Crippen LogP contribution in [0.4, 0.5) is 0 Å². The van der Waals surface area contributed by atoms with E-state index >= 15 is 0 Å². The summed E-state index contributed by atoms with van der Waals surface area (Å²) in [7, 11) is 0. The third-order valence-electron chi connectivity index (χ3n) is 3.58. The average molecular weight is 282 g/mol. The summed E-state index contributed by atoms with van der Waals surface area (Å²) in [6, 6.07) is 7.47. The summed E-state index contributed by atoms with van der Waals surface area (Å²) in [6.45, 7) is 3.93. The fourth-order valence-corrected chi connectivity index (χ4v) is 2.63. The number of benzene rings is 2. The smallest absolute Gasteiger partial charge is 0.157 e. The minimum Gasteiger partial charge on any atom is -0.508 e. The monoisotopic (exact) mass is 282 g/mol. The number of hydrogen-bond acceptors (Lipinski definition) is 4. The van der Waals surface area contributed by atoms with Gasteiger partial charge >= 0.3 is 0 Å². The van der Waals surface area contributed by atoms with Crippen molar-refractivity contribution in [1.82, 2.24) is 0 Å². The maximum Gasteiger partial charge on any atom is 0.157 e. The Kier molecular flexibility index (Phi) is 2.87. The number of rotatable bonds is 1. The predicted molar refractivity (Wildman–Crippen MR) is 80.3 cm³/mol. The van der Waals surface area contributed by atoms with Crippen LogP contribution < -0.4 is 0 Å². The van der Waals surface area contributed by atoms with Crippen molar-refractivity contribution in [3.8, 4) is 23.0 Å². The molecule has 1 aliphatic rings. The zero-order valence-electron chi connectivity index (χ0n) is 11.2. The first-order valence-corrected chi connectivity index (χ1v) is 6.43. The molecule has 0 aliphatic heterocycles. The van der Waals surface area contributed by atoms with Crippen LogP contribution in [0, 0.1) is 0 Å². The fourth-order valence-electron chi connectivity index (χ4n) is 2.63. The van der Waals surface area contributed by atoms with Crippen LogP contribution in [0.1, 0.15) is 16.7 Å². The molecule has 0 radical (unpaired) electrons. The largest absolute Gasteiger partial charge is 0.508 e. The van der Waals surface area contributed by atoms with E-state index in [1.54, 1.807) is 12.1 Å². The van der Waals surface area contributed by atoms with Crippen molar-refractivity contribution < 1.29 is 20.4 Å². The van der Waals surface area contributed by atoms with Crippen molar-refractivity contribution in [3.63, 3.8) is 0 Å². The van der Waals surface area contributed by atoms with Gasteiger partial charge in [0.15, 0.2) is 11.5 Å². The molecule has 0 bridgehead atoms. The lowest BCUT2D eigenvalue weighted by atomic mass is 9.85. The molecule has 3 rings (SSSR count). The molecule has 21 heavy (non-hydrogen) atoms. The van der Waals surface area contributed by atoms with Crippen LogP contribution in [0.15, 0.2) is 43.0 Å². The van der Waals surface area contributed by atoms with Gasteiger partial charge in [-0.1, -0.05) is 18.7 Å². The summed E-state index contributed by atoms with van der Waals surface area (Å²) in [5.74, 6) is -0.374. The van der Waals surface area contributed by atoms with E-state index in [9.17, 15) is 20.4 Å². The van der Waals surface area contributed by atoms with Gasteiger partial charge in [-0.25, -0.2) is 0 Å². The molecule has 0 unspecified atom stereocenters. The molecule has 4 heteroatoms. The second-order valence-corrected chi connectivity index (χ2v) is 5.07. The Morgan fingerprint density at radius 3 is 2.33 bits per heavy atom. The standard InChI is InChI=1S/C17H14O4/c1-9-4-11(10-2-3-14(19)15(20)7-10)5-12-6-13(18)8-16(21)17(9)12/h2-4,6-8,18-21H,1,5H2. The normalized spacial score (nSPS) is 13.7. The molecule has 0 amide bonds. The number of fused-ring (bicyclic) bond motifs is 1. The number of allylic oxidation sites excluding steroid dienone is 3. The van der Waals surface area contributed by atoms with Crippen molar-refractivity contribution in [2.75, 3.05) is 0 Å². The van der Waals surface area contributed by atoms with E-state index in [4.69, 9.17) is 0 Å². The Labute approximate surface area is 121 Å². The van der Waals surface area contributed by atoms with Crippen LogP contribution in [0.5, 0.6) is 23.0 Å². The van der Waals surface area contributed by atoms with E-state index in [0.29, 0.717) is 17.6 Å². The molecule has 4 N–H and O–H groups in total. The minimum absolute atomic E-state index is 0.00106. The molecule has 0 aromatic heterocycles. The van der Waals surface area contributed by atoms with Crippen molar-refractivity contribution in [2.45, 2.75) is 6.42 Å². The Morgan fingerprint density at radius 2 is 1.62 bits per heavy atom. The second kappa shape index (κ2) is 4.59. The van der Waals surface area contributed by atoms with Crippen molar-refractivity contribution in [1.29, 1.82) is 0 Å². The van der Waals surface area contributed by atoms with Gasteiger partial charge in [0.05, 0.1) is 0 Å². The highest BCUT2D eigenvalue weighted by atomic mass is 16.3. The van der Waals surface area contributed by atoms with Crippen molar-refractivity contribution in [3.05, 3.63) is 59.7 Å². The van der Waals surface area contributed by atoms with Gasteiger partial charge in [-0.05, 0) is 46.9 Å². The van der Waals surface area contributed by atoms with Crippen LogP contribution in [0.3, 0.4) is 0 Å².